The predicted octanol–water partition coefficient (Wildman–Crippen LogP) is 7.98. The summed E-state index contributed by atoms with van der Waals surface area (Å²) in [5.74, 6) is 0.703. The molecule has 6 rings (SSSR count). The van der Waals surface area contributed by atoms with Crippen molar-refractivity contribution in [3.8, 4) is 33.8 Å². The van der Waals surface area contributed by atoms with Crippen molar-refractivity contribution in [1.82, 2.24) is 9.97 Å². The van der Waals surface area contributed by atoms with Crippen LogP contribution in [0.2, 0.25) is 0 Å². The lowest BCUT2D eigenvalue weighted by Crippen LogP contribution is -1.95. The van der Waals surface area contributed by atoms with E-state index in [1.54, 1.807) is 0 Å². The zero-order valence-corrected chi connectivity index (χ0v) is 19.2. The minimum Gasteiger partial charge on any atom is -0.456 e. The topological polar surface area (TPSA) is 38.9 Å². The number of aromatic nitrogens is 2. The second kappa shape index (κ2) is 7.88. The van der Waals surface area contributed by atoms with Crippen LogP contribution in [0.15, 0.2) is 108 Å². The van der Waals surface area contributed by atoms with E-state index in [-0.39, 0.29) is 0 Å². The lowest BCUT2D eigenvalue weighted by molar-refractivity contribution is 0.669. The molecular weight excluding hydrogens is 507 g/mol. The largest absolute Gasteiger partial charge is 0.456 e. The fraction of sp³-hybridized carbons (Fsp3) is 0. The predicted molar refractivity (Wildman–Crippen MR) is 138 cm³/mol. The Balaban J connectivity index is 1.53. The third-order valence-corrected chi connectivity index (χ3v) is 6.16. The summed E-state index contributed by atoms with van der Waals surface area (Å²) in [4.78, 5) is 9.77. The Labute approximate surface area is 198 Å². The lowest BCUT2D eigenvalue weighted by Gasteiger charge is -2.09. The Kier molecular flexibility index (Phi) is 4.72. The highest BCUT2D eigenvalue weighted by atomic mass is 127. The number of para-hydroxylation sites is 1. The Morgan fingerprint density at radius 3 is 2.22 bits per heavy atom. The highest BCUT2D eigenvalue weighted by molar-refractivity contribution is 14.1. The van der Waals surface area contributed by atoms with Gasteiger partial charge >= 0.3 is 0 Å². The summed E-state index contributed by atoms with van der Waals surface area (Å²) < 4.78 is 6.97. The average Bonchev–Trinajstić information content (AvgIpc) is 3.23. The third kappa shape index (κ3) is 3.37. The van der Waals surface area contributed by atoms with Crippen LogP contribution in [-0.2, 0) is 0 Å². The second-order valence-corrected chi connectivity index (χ2v) is 8.73. The Hall–Kier alpha value is -3.51. The quantitative estimate of drug-likeness (QED) is 0.174. The van der Waals surface area contributed by atoms with Crippen LogP contribution >= 0.6 is 22.6 Å². The number of halogens is 1. The monoisotopic (exact) mass is 524 g/mol. The molecule has 4 aromatic carbocycles. The summed E-state index contributed by atoms with van der Waals surface area (Å²) in [5, 5.41) is 2.13. The standard InChI is InChI=1S/C28H17IN2O/c29-26-17-23(20-11-6-10-19(16-20)18-8-2-1-3-9-18)30-28(31-26)22-13-7-15-25-27(22)21-12-4-5-14-24(21)32-25/h1-17H. The molecule has 0 saturated carbocycles. The number of furan rings is 1. The molecule has 0 atom stereocenters. The van der Waals surface area contributed by atoms with Gasteiger partial charge in [0.05, 0.1) is 5.69 Å². The van der Waals surface area contributed by atoms with Crippen molar-refractivity contribution in [2.75, 3.05) is 0 Å². The van der Waals surface area contributed by atoms with Crippen LogP contribution < -0.4 is 0 Å². The Morgan fingerprint density at radius 1 is 0.594 bits per heavy atom. The second-order valence-electron chi connectivity index (χ2n) is 7.62. The van der Waals surface area contributed by atoms with Gasteiger partial charge in [0.2, 0.25) is 0 Å². The Morgan fingerprint density at radius 2 is 1.31 bits per heavy atom. The summed E-state index contributed by atoms with van der Waals surface area (Å²) >= 11 is 2.27. The SMILES string of the molecule is Ic1cc(-c2cccc(-c3ccccc3)c2)nc(-c2cccc3oc4ccccc4c23)n1. The highest BCUT2D eigenvalue weighted by Gasteiger charge is 2.15. The molecule has 0 bridgehead atoms. The summed E-state index contributed by atoms with van der Waals surface area (Å²) in [6.45, 7) is 0. The van der Waals surface area contributed by atoms with Crippen LogP contribution in [0.3, 0.4) is 0 Å². The molecule has 0 saturated heterocycles. The fourth-order valence-electron chi connectivity index (χ4n) is 4.14. The minimum atomic E-state index is 0.703. The van der Waals surface area contributed by atoms with Crippen molar-refractivity contribution in [3.05, 3.63) is 107 Å². The van der Waals surface area contributed by atoms with E-state index < -0.39 is 0 Å². The summed E-state index contributed by atoms with van der Waals surface area (Å²) in [6, 6.07) is 35.1. The smallest absolute Gasteiger partial charge is 0.161 e. The van der Waals surface area contributed by atoms with Gasteiger partial charge in [-0.25, -0.2) is 9.97 Å². The Bertz CT molecular complexity index is 1590. The molecule has 0 spiro atoms. The molecule has 0 fully saturated rings. The van der Waals surface area contributed by atoms with Crippen molar-refractivity contribution in [1.29, 1.82) is 0 Å². The zero-order chi connectivity index (χ0) is 21.5. The summed E-state index contributed by atoms with van der Waals surface area (Å²) in [6.07, 6.45) is 0. The maximum absolute atomic E-state index is 6.07. The third-order valence-electron chi connectivity index (χ3n) is 5.60. The van der Waals surface area contributed by atoms with E-state index in [2.05, 4.69) is 83.3 Å². The molecule has 0 unspecified atom stereocenters. The lowest BCUT2D eigenvalue weighted by atomic mass is 10.0. The van der Waals surface area contributed by atoms with E-state index in [1.165, 1.54) is 11.1 Å². The van der Waals surface area contributed by atoms with E-state index in [1.807, 2.05) is 42.5 Å². The van der Waals surface area contributed by atoms with Crippen LogP contribution in [0, 0.1) is 3.70 Å². The van der Waals surface area contributed by atoms with Crippen molar-refractivity contribution >= 4 is 44.5 Å². The van der Waals surface area contributed by atoms with Crippen LogP contribution in [0.25, 0.3) is 55.7 Å². The van der Waals surface area contributed by atoms with E-state index in [0.29, 0.717) is 5.82 Å². The number of fused-ring (bicyclic) bond motifs is 3. The molecule has 6 aromatic rings. The van der Waals surface area contributed by atoms with Gasteiger partial charge in [0.15, 0.2) is 5.82 Å². The summed E-state index contributed by atoms with van der Waals surface area (Å²) in [5.41, 5.74) is 7.02. The molecule has 2 aromatic heterocycles. The number of hydrogen-bond donors (Lipinski definition) is 0. The first-order chi connectivity index (χ1) is 15.8. The molecular formula is C28H17IN2O. The van der Waals surface area contributed by atoms with Crippen LogP contribution in [-0.4, -0.2) is 9.97 Å². The molecule has 152 valence electrons. The van der Waals surface area contributed by atoms with Gasteiger partial charge in [0.1, 0.15) is 14.9 Å². The molecule has 0 radical (unpaired) electrons. The first kappa shape index (κ1) is 19.2. The van der Waals surface area contributed by atoms with Crippen molar-refractivity contribution in [2.24, 2.45) is 0 Å². The maximum atomic E-state index is 6.07. The average molecular weight is 524 g/mol. The maximum Gasteiger partial charge on any atom is 0.161 e. The van der Waals surface area contributed by atoms with Gasteiger partial charge in [-0.05, 0) is 58.0 Å². The van der Waals surface area contributed by atoms with Gasteiger partial charge in [0, 0.05) is 21.9 Å². The highest BCUT2D eigenvalue weighted by Crippen LogP contribution is 2.36. The molecule has 2 heterocycles. The molecule has 3 nitrogen and oxygen atoms in total. The van der Waals surface area contributed by atoms with Crippen LogP contribution in [0.4, 0.5) is 0 Å². The summed E-state index contributed by atoms with van der Waals surface area (Å²) in [7, 11) is 0. The van der Waals surface area contributed by atoms with Gasteiger partial charge in [0.25, 0.3) is 0 Å². The number of nitrogens with zero attached hydrogens (tertiary/aromatic N) is 2. The molecule has 4 heteroatoms. The molecule has 0 amide bonds. The van der Waals surface area contributed by atoms with E-state index >= 15 is 0 Å². The van der Waals surface area contributed by atoms with Crippen molar-refractivity contribution < 1.29 is 4.42 Å². The van der Waals surface area contributed by atoms with Crippen LogP contribution in [0.5, 0.6) is 0 Å². The first-order valence-corrected chi connectivity index (χ1v) is 11.5. The van der Waals surface area contributed by atoms with Gasteiger partial charge in [-0.1, -0.05) is 78.9 Å². The van der Waals surface area contributed by atoms with Crippen molar-refractivity contribution in [3.63, 3.8) is 0 Å². The normalized spacial score (nSPS) is 11.3. The number of hydrogen-bond acceptors (Lipinski definition) is 3. The number of rotatable bonds is 3. The first-order valence-electron chi connectivity index (χ1n) is 10.4. The molecule has 0 aliphatic carbocycles. The van der Waals surface area contributed by atoms with E-state index in [4.69, 9.17) is 14.4 Å². The van der Waals surface area contributed by atoms with Crippen LogP contribution in [0.1, 0.15) is 0 Å². The molecule has 32 heavy (non-hydrogen) atoms. The van der Waals surface area contributed by atoms with E-state index in [9.17, 15) is 0 Å². The van der Waals surface area contributed by atoms with Crippen molar-refractivity contribution in [2.45, 2.75) is 0 Å². The zero-order valence-electron chi connectivity index (χ0n) is 17.0. The fourth-order valence-corrected chi connectivity index (χ4v) is 4.66. The molecule has 0 aliphatic rings. The van der Waals surface area contributed by atoms with Gasteiger partial charge in [-0.15, -0.1) is 0 Å². The molecule has 0 aliphatic heterocycles. The molecule has 0 N–H and O–H groups in total. The number of benzene rings is 4. The van der Waals surface area contributed by atoms with E-state index in [0.717, 1.165) is 42.5 Å². The minimum absolute atomic E-state index is 0.703. The van der Waals surface area contributed by atoms with Gasteiger partial charge in [-0.3, -0.25) is 0 Å². The van der Waals surface area contributed by atoms with Gasteiger partial charge < -0.3 is 4.42 Å². The van der Waals surface area contributed by atoms with Gasteiger partial charge in [-0.2, -0.15) is 0 Å².